The van der Waals surface area contributed by atoms with Crippen LogP contribution in [0.1, 0.15) is 15.9 Å². The number of carbonyl (C=O) groups is 1. The third kappa shape index (κ3) is 3.22. The third-order valence-electron chi connectivity index (χ3n) is 2.91. The van der Waals surface area contributed by atoms with Gasteiger partial charge in [-0.05, 0) is 24.3 Å². The van der Waals surface area contributed by atoms with E-state index in [9.17, 15) is 9.90 Å². The highest BCUT2D eigenvalue weighted by molar-refractivity contribution is 6.34. The first-order valence-electron chi connectivity index (χ1n) is 6.14. The highest BCUT2D eigenvalue weighted by Gasteiger charge is 2.09. The molecular weight excluding hydrogens is 276 g/mol. The Morgan fingerprint density at radius 1 is 1.25 bits per heavy atom. The molecule has 3 N–H and O–H groups in total. The van der Waals surface area contributed by atoms with Crippen LogP contribution in [0.5, 0.6) is 5.75 Å². The van der Waals surface area contributed by atoms with Gasteiger partial charge in [0.1, 0.15) is 5.75 Å². The maximum atomic E-state index is 11.7. The van der Waals surface area contributed by atoms with E-state index >= 15 is 0 Å². The Morgan fingerprint density at radius 3 is 2.70 bits per heavy atom. The molecule has 20 heavy (non-hydrogen) atoms. The van der Waals surface area contributed by atoms with Crippen molar-refractivity contribution in [1.82, 2.24) is 5.32 Å². The molecule has 0 aliphatic heterocycles. The van der Waals surface area contributed by atoms with E-state index in [0.717, 1.165) is 11.3 Å². The molecule has 0 radical (unpaired) electrons. The molecule has 4 nitrogen and oxygen atoms in total. The fourth-order valence-electron chi connectivity index (χ4n) is 1.80. The average molecular weight is 291 g/mol. The number of aromatic hydroxyl groups is 1. The number of hydrogen-bond acceptors (Lipinski definition) is 3. The lowest BCUT2D eigenvalue weighted by atomic mass is 10.1. The van der Waals surface area contributed by atoms with Crippen LogP contribution in [0.15, 0.2) is 42.5 Å². The minimum absolute atomic E-state index is 0.235. The van der Waals surface area contributed by atoms with Gasteiger partial charge >= 0.3 is 0 Å². The second kappa shape index (κ2) is 6.30. The maximum Gasteiger partial charge on any atom is 0.252 e. The molecule has 0 unspecified atom stereocenters. The molecule has 0 spiro atoms. The summed E-state index contributed by atoms with van der Waals surface area (Å²) < 4.78 is 0. The lowest BCUT2D eigenvalue weighted by Gasteiger charge is -2.10. The normalized spacial score (nSPS) is 10.1. The first-order chi connectivity index (χ1) is 9.61. The first-order valence-corrected chi connectivity index (χ1v) is 6.52. The van der Waals surface area contributed by atoms with Crippen LogP contribution >= 0.6 is 11.6 Å². The lowest BCUT2D eigenvalue weighted by Crippen LogP contribution is -2.18. The van der Waals surface area contributed by atoms with Crippen molar-refractivity contribution >= 4 is 23.2 Å². The van der Waals surface area contributed by atoms with Crippen molar-refractivity contribution in [2.75, 3.05) is 12.4 Å². The second-order valence-corrected chi connectivity index (χ2v) is 4.66. The van der Waals surface area contributed by atoms with Gasteiger partial charge in [0.2, 0.25) is 0 Å². The van der Waals surface area contributed by atoms with Gasteiger partial charge in [-0.2, -0.15) is 0 Å². The van der Waals surface area contributed by atoms with E-state index in [1.807, 2.05) is 12.1 Å². The molecular formula is C15H15ClN2O2. The van der Waals surface area contributed by atoms with Crippen molar-refractivity contribution in [1.29, 1.82) is 0 Å². The van der Waals surface area contributed by atoms with E-state index in [2.05, 4.69) is 10.6 Å². The molecule has 2 aromatic carbocycles. The molecule has 0 heterocycles. The summed E-state index contributed by atoms with van der Waals surface area (Å²) in [6, 6.07) is 12.2. The fourth-order valence-corrected chi connectivity index (χ4v) is 2.00. The monoisotopic (exact) mass is 290 g/mol. The summed E-state index contributed by atoms with van der Waals surface area (Å²) in [6.07, 6.45) is 0. The van der Waals surface area contributed by atoms with E-state index in [-0.39, 0.29) is 11.7 Å². The number of nitrogens with one attached hydrogen (secondary N) is 2. The van der Waals surface area contributed by atoms with Crippen LogP contribution in [0.25, 0.3) is 0 Å². The number of rotatable bonds is 4. The van der Waals surface area contributed by atoms with Crippen LogP contribution in [0.4, 0.5) is 5.69 Å². The number of halogens is 1. The summed E-state index contributed by atoms with van der Waals surface area (Å²) in [7, 11) is 1.56. The smallest absolute Gasteiger partial charge is 0.252 e. The van der Waals surface area contributed by atoms with Crippen LogP contribution in [0, 0.1) is 0 Å². The summed E-state index contributed by atoms with van der Waals surface area (Å²) in [5, 5.41) is 15.8. The zero-order chi connectivity index (χ0) is 14.5. The Balaban J connectivity index is 2.14. The van der Waals surface area contributed by atoms with E-state index in [4.69, 9.17) is 11.6 Å². The van der Waals surface area contributed by atoms with Gasteiger partial charge < -0.3 is 15.7 Å². The highest BCUT2D eigenvalue weighted by Crippen LogP contribution is 2.22. The standard InChI is InChI=1S/C15H15ClN2O2/c1-17-15(20)12-8-11(6-7-13(12)16)18-9-10-4-2-3-5-14(10)19/h2-8,18-19H,9H2,1H3,(H,17,20). The van der Waals surface area contributed by atoms with Crippen LogP contribution in [-0.2, 0) is 6.54 Å². The zero-order valence-corrected chi connectivity index (χ0v) is 11.7. The molecule has 0 atom stereocenters. The summed E-state index contributed by atoms with van der Waals surface area (Å²) >= 11 is 5.98. The van der Waals surface area contributed by atoms with Crippen molar-refractivity contribution < 1.29 is 9.90 Å². The molecule has 104 valence electrons. The van der Waals surface area contributed by atoms with Crippen LogP contribution in [-0.4, -0.2) is 18.1 Å². The molecule has 0 aliphatic carbocycles. The lowest BCUT2D eigenvalue weighted by molar-refractivity contribution is 0.0963. The largest absolute Gasteiger partial charge is 0.508 e. The van der Waals surface area contributed by atoms with Gasteiger partial charge in [0.05, 0.1) is 10.6 Å². The van der Waals surface area contributed by atoms with Gasteiger partial charge in [0.15, 0.2) is 0 Å². The Hall–Kier alpha value is -2.20. The first kappa shape index (κ1) is 14.2. The summed E-state index contributed by atoms with van der Waals surface area (Å²) in [5.41, 5.74) is 1.96. The highest BCUT2D eigenvalue weighted by atomic mass is 35.5. The SMILES string of the molecule is CNC(=O)c1cc(NCc2ccccc2O)ccc1Cl. The molecule has 2 aromatic rings. The van der Waals surface area contributed by atoms with Gasteiger partial charge in [-0.25, -0.2) is 0 Å². The third-order valence-corrected chi connectivity index (χ3v) is 3.24. The molecule has 5 heteroatoms. The minimum atomic E-state index is -0.235. The van der Waals surface area contributed by atoms with Crippen molar-refractivity contribution in [2.24, 2.45) is 0 Å². The number of amides is 1. The molecule has 0 saturated heterocycles. The van der Waals surface area contributed by atoms with Gasteiger partial charge in [-0.1, -0.05) is 29.8 Å². The molecule has 0 aromatic heterocycles. The molecule has 0 fully saturated rings. The Bertz CT molecular complexity index is 629. The average Bonchev–Trinajstić information content (AvgIpc) is 2.47. The van der Waals surface area contributed by atoms with E-state index in [1.54, 1.807) is 37.4 Å². The summed E-state index contributed by atoms with van der Waals surface area (Å²) in [4.78, 5) is 11.7. The Labute approximate surface area is 122 Å². The minimum Gasteiger partial charge on any atom is -0.508 e. The molecule has 2 rings (SSSR count). The van der Waals surface area contributed by atoms with Crippen molar-refractivity contribution in [3.63, 3.8) is 0 Å². The number of para-hydroxylation sites is 1. The topological polar surface area (TPSA) is 61.4 Å². The number of carbonyl (C=O) groups excluding carboxylic acids is 1. The van der Waals surface area contributed by atoms with Crippen LogP contribution in [0.3, 0.4) is 0 Å². The van der Waals surface area contributed by atoms with Gasteiger partial charge in [0.25, 0.3) is 5.91 Å². The van der Waals surface area contributed by atoms with Crippen molar-refractivity contribution in [3.8, 4) is 5.75 Å². The van der Waals surface area contributed by atoms with E-state index < -0.39 is 0 Å². The number of phenols is 1. The number of benzene rings is 2. The quantitative estimate of drug-likeness (QED) is 0.811. The van der Waals surface area contributed by atoms with Gasteiger partial charge in [-0.3, -0.25) is 4.79 Å². The summed E-state index contributed by atoms with van der Waals surface area (Å²) in [6.45, 7) is 0.460. The second-order valence-electron chi connectivity index (χ2n) is 4.26. The predicted octanol–water partition coefficient (Wildman–Crippen LogP) is 3.02. The van der Waals surface area contributed by atoms with Crippen LogP contribution < -0.4 is 10.6 Å². The number of hydrogen-bond donors (Lipinski definition) is 3. The Morgan fingerprint density at radius 2 is 2.00 bits per heavy atom. The molecule has 0 bridgehead atoms. The Kier molecular flexibility index (Phi) is 4.48. The van der Waals surface area contributed by atoms with Crippen molar-refractivity contribution in [2.45, 2.75) is 6.54 Å². The van der Waals surface area contributed by atoms with Crippen LogP contribution in [0.2, 0.25) is 5.02 Å². The summed E-state index contributed by atoms with van der Waals surface area (Å²) in [5.74, 6) is 0.00157. The zero-order valence-electron chi connectivity index (χ0n) is 11.0. The number of phenolic OH excluding ortho intramolecular Hbond substituents is 1. The molecule has 1 amide bonds. The molecule has 0 aliphatic rings. The van der Waals surface area contributed by atoms with E-state index in [1.165, 1.54) is 0 Å². The van der Waals surface area contributed by atoms with Crippen molar-refractivity contribution in [3.05, 3.63) is 58.6 Å². The number of anilines is 1. The van der Waals surface area contributed by atoms with Gasteiger partial charge in [-0.15, -0.1) is 0 Å². The molecule has 0 saturated carbocycles. The predicted molar refractivity (Wildman–Crippen MR) is 80.3 cm³/mol. The van der Waals surface area contributed by atoms with E-state index in [0.29, 0.717) is 17.1 Å². The fraction of sp³-hybridized carbons (Fsp3) is 0.133. The maximum absolute atomic E-state index is 11.7. The van der Waals surface area contributed by atoms with Gasteiger partial charge in [0, 0.05) is 24.8 Å².